The normalized spacial score (nSPS) is 11.7. The van der Waals surface area contributed by atoms with Gasteiger partial charge in [-0.05, 0) is 56.3 Å². The van der Waals surface area contributed by atoms with Gasteiger partial charge in [0.15, 0.2) is 10.6 Å². The summed E-state index contributed by atoms with van der Waals surface area (Å²) in [4.78, 5) is 30.9. The molecule has 0 unspecified atom stereocenters. The van der Waals surface area contributed by atoms with Crippen molar-refractivity contribution in [1.29, 1.82) is 0 Å². The Kier molecular flexibility index (Phi) is 6.43. The Morgan fingerprint density at radius 1 is 1.12 bits per heavy atom. The second kappa shape index (κ2) is 9.42. The van der Waals surface area contributed by atoms with Crippen molar-refractivity contribution < 1.29 is 18.4 Å². The maximum atomic E-state index is 12.6. The number of aryl methyl sites for hydroxylation is 1. The van der Waals surface area contributed by atoms with Crippen molar-refractivity contribution in [2.45, 2.75) is 26.9 Å². The third-order valence-electron chi connectivity index (χ3n) is 4.86. The van der Waals surface area contributed by atoms with Crippen LogP contribution in [0.15, 0.2) is 68.6 Å². The fourth-order valence-corrected chi connectivity index (χ4v) is 4.21. The van der Waals surface area contributed by atoms with Gasteiger partial charge in [0.25, 0.3) is 11.8 Å². The van der Waals surface area contributed by atoms with E-state index in [1.54, 1.807) is 54.8 Å². The van der Waals surface area contributed by atoms with E-state index in [0.717, 1.165) is 10.6 Å². The monoisotopic (exact) mass is 469 g/mol. The molecule has 3 heterocycles. The van der Waals surface area contributed by atoms with E-state index in [2.05, 4.69) is 10.3 Å². The number of benzene rings is 1. The van der Waals surface area contributed by atoms with Gasteiger partial charge in [-0.3, -0.25) is 9.59 Å². The average molecular weight is 470 g/mol. The van der Waals surface area contributed by atoms with Crippen LogP contribution >= 0.6 is 22.9 Å². The summed E-state index contributed by atoms with van der Waals surface area (Å²) in [6.45, 7) is 4.53. The molecule has 0 saturated carbocycles. The molecule has 1 aromatic carbocycles. The van der Waals surface area contributed by atoms with E-state index < -0.39 is 0 Å². The summed E-state index contributed by atoms with van der Waals surface area (Å²) in [5.74, 6) is 0.716. The molecule has 9 heteroatoms. The van der Waals surface area contributed by atoms with Crippen LogP contribution in [-0.2, 0) is 13.1 Å². The first-order valence-electron chi connectivity index (χ1n) is 9.81. The Morgan fingerprint density at radius 2 is 1.97 bits per heavy atom. The van der Waals surface area contributed by atoms with E-state index in [-0.39, 0.29) is 24.1 Å². The molecule has 0 atom stereocenters. The topological polar surface area (TPSA) is 89.7 Å². The smallest absolute Gasteiger partial charge is 0.287 e. The van der Waals surface area contributed by atoms with Crippen LogP contribution in [0.5, 0.6) is 0 Å². The summed E-state index contributed by atoms with van der Waals surface area (Å²) in [7, 11) is 0. The Bertz CT molecular complexity index is 1330. The van der Waals surface area contributed by atoms with E-state index in [1.165, 1.54) is 11.3 Å². The molecule has 164 valence electrons. The summed E-state index contributed by atoms with van der Waals surface area (Å²) >= 11 is 7.41. The number of rotatable bonds is 6. The molecule has 0 saturated heterocycles. The van der Waals surface area contributed by atoms with Crippen molar-refractivity contribution in [1.82, 2.24) is 9.88 Å². The number of hydrogen-bond acceptors (Lipinski definition) is 5. The van der Waals surface area contributed by atoms with Crippen LogP contribution in [0.25, 0.3) is 0 Å². The lowest BCUT2D eigenvalue weighted by molar-refractivity contribution is 0.0917. The third-order valence-corrected chi connectivity index (χ3v) is 6.19. The van der Waals surface area contributed by atoms with Crippen molar-refractivity contribution in [2.75, 3.05) is 0 Å². The van der Waals surface area contributed by atoms with Gasteiger partial charge in [0.2, 0.25) is 0 Å². The molecule has 2 amide bonds. The molecule has 0 bridgehead atoms. The minimum absolute atomic E-state index is 0.199. The number of amides is 2. The molecule has 0 aliphatic heterocycles. The summed E-state index contributed by atoms with van der Waals surface area (Å²) in [6.07, 6.45) is 1.55. The van der Waals surface area contributed by atoms with Crippen molar-refractivity contribution in [3.63, 3.8) is 0 Å². The largest absolute Gasteiger partial charge is 0.467 e. The molecule has 0 aliphatic carbocycles. The van der Waals surface area contributed by atoms with Gasteiger partial charge >= 0.3 is 0 Å². The first-order chi connectivity index (χ1) is 15.4. The van der Waals surface area contributed by atoms with Gasteiger partial charge in [-0.15, -0.1) is 11.3 Å². The highest BCUT2D eigenvalue weighted by Crippen LogP contribution is 2.16. The van der Waals surface area contributed by atoms with Gasteiger partial charge in [-0.25, -0.2) is 0 Å². The van der Waals surface area contributed by atoms with Crippen molar-refractivity contribution in [2.24, 2.45) is 4.99 Å². The zero-order valence-electron chi connectivity index (χ0n) is 17.4. The number of carbonyl (C=O) groups excluding carboxylic acids is 2. The molecule has 0 aliphatic rings. The van der Waals surface area contributed by atoms with Crippen LogP contribution < -0.4 is 10.1 Å². The predicted molar refractivity (Wildman–Crippen MR) is 121 cm³/mol. The maximum absolute atomic E-state index is 12.6. The average Bonchev–Trinajstić information content (AvgIpc) is 3.51. The minimum atomic E-state index is -0.375. The van der Waals surface area contributed by atoms with Crippen LogP contribution in [-0.4, -0.2) is 16.4 Å². The number of aromatic nitrogens is 1. The molecule has 0 spiro atoms. The van der Waals surface area contributed by atoms with E-state index in [0.29, 0.717) is 33.5 Å². The molecule has 4 rings (SSSR count). The molecule has 0 radical (unpaired) electrons. The fourth-order valence-electron chi connectivity index (χ4n) is 3.05. The molecular formula is C23H20ClN3O4S. The zero-order valence-corrected chi connectivity index (χ0v) is 19.0. The standard InChI is InChI=1S/C23H20ClN3O4S/c1-14-15(2)32-23(26-21(28)16-5-3-6-17(24)11-16)27(14)13-19-8-9-20(31-19)22(29)25-12-18-7-4-10-30-18/h3-11H,12-13H2,1-2H3,(H,25,29). The number of furan rings is 2. The second-order valence-electron chi connectivity index (χ2n) is 7.07. The highest BCUT2D eigenvalue weighted by Gasteiger charge is 2.15. The highest BCUT2D eigenvalue weighted by atomic mass is 35.5. The van der Waals surface area contributed by atoms with Gasteiger partial charge in [-0.2, -0.15) is 4.99 Å². The number of carbonyl (C=O) groups is 2. The number of thiazole rings is 1. The number of hydrogen-bond donors (Lipinski definition) is 1. The SMILES string of the molecule is Cc1sc(=NC(=O)c2cccc(Cl)c2)n(Cc2ccc(C(=O)NCc3ccco3)o2)c1C. The van der Waals surface area contributed by atoms with Gasteiger partial charge in [-0.1, -0.05) is 17.7 Å². The lowest BCUT2D eigenvalue weighted by atomic mass is 10.2. The fraction of sp³-hybridized carbons (Fsp3) is 0.174. The van der Waals surface area contributed by atoms with Crippen LogP contribution in [0.4, 0.5) is 0 Å². The molecule has 32 heavy (non-hydrogen) atoms. The van der Waals surface area contributed by atoms with E-state index in [1.807, 2.05) is 18.4 Å². The lowest BCUT2D eigenvalue weighted by Crippen LogP contribution is -2.22. The Morgan fingerprint density at radius 3 is 2.72 bits per heavy atom. The molecule has 1 N–H and O–H groups in total. The summed E-state index contributed by atoms with van der Waals surface area (Å²) < 4.78 is 12.8. The summed E-state index contributed by atoms with van der Waals surface area (Å²) in [5, 5.41) is 3.23. The first kappa shape index (κ1) is 21.9. The molecule has 0 fully saturated rings. The molecular weight excluding hydrogens is 450 g/mol. The highest BCUT2D eigenvalue weighted by molar-refractivity contribution is 7.09. The Labute approximate surface area is 193 Å². The van der Waals surface area contributed by atoms with Crippen LogP contribution in [0, 0.1) is 13.8 Å². The number of halogens is 1. The third kappa shape index (κ3) is 4.92. The van der Waals surface area contributed by atoms with Crippen LogP contribution in [0.3, 0.4) is 0 Å². The van der Waals surface area contributed by atoms with E-state index >= 15 is 0 Å². The first-order valence-corrected chi connectivity index (χ1v) is 11.0. The van der Waals surface area contributed by atoms with Crippen molar-refractivity contribution in [3.8, 4) is 0 Å². The lowest BCUT2D eigenvalue weighted by Gasteiger charge is -2.05. The summed E-state index contributed by atoms with van der Waals surface area (Å²) in [5.41, 5.74) is 1.38. The zero-order chi connectivity index (χ0) is 22.7. The molecule has 7 nitrogen and oxygen atoms in total. The quantitative estimate of drug-likeness (QED) is 0.442. The summed E-state index contributed by atoms with van der Waals surface area (Å²) in [6, 6.07) is 13.6. The minimum Gasteiger partial charge on any atom is -0.467 e. The Balaban J connectivity index is 1.54. The molecule has 4 aromatic rings. The Hall–Kier alpha value is -3.36. The van der Waals surface area contributed by atoms with Crippen LogP contribution in [0.2, 0.25) is 5.02 Å². The van der Waals surface area contributed by atoms with Crippen molar-refractivity contribution in [3.05, 3.63) is 98.0 Å². The van der Waals surface area contributed by atoms with E-state index in [9.17, 15) is 9.59 Å². The predicted octanol–water partition coefficient (Wildman–Crippen LogP) is 4.73. The van der Waals surface area contributed by atoms with Gasteiger partial charge in [0.05, 0.1) is 19.4 Å². The van der Waals surface area contributed by atoms with Gasteiger partial charge in [0.1, 0.15) is 11.5 Å². The van der Waals surface area contributed by atoms with Crippen molar-refractivity contribution >= 4 is 34.8 Å². The van der Waals surface area contributed by atoms with Crippen LogP contribution in [0.1, 0.15) is 43.0 Å². The number of nitrogens with zero attached hydrogens (tertiary/aromatic N) is 2. The maximum Gasteiger partial charge on any atom is 0.287 e. The van der Waals surface area contributed by atoms with Gasteiger partial charge in [0, 0.05) is 21.2 Å². The number of nitrogens with one attached hydrogen (secondary N) is 1. The van der Waals surface area contributed by atoms with E-state index in [4.69, 9.17) is 20.4 Å². The van der Waals surface area contributed by atoms with Gasteiger partial charge < -0.3 is 18.7 Å². The second-order valence-corrected chi connectivity index (χ2v) is 8.69. The molecule has 3 aromatic heterocycles.